The number of carbonyl (C=O) groups excluding carboxylic acids is 1. The normalized spacial score (nSPS) is 14.1. The molecular weight excluding hydrogens is 371 g/mol. The molecule has 10 heteroatoms. The number of carbonyl (C=O) groups is 1. The van der Waals surface area contributed by atoms with E-state index in [4.69, 9.17) is 0 Å². The number of fused-ring (bicyclic) bond motifs is 2. The lowest BCUT2D eigenvalue weighted by Crippen LogP contribution is -2.07. The van der Waals surface area contributed by atoms with Crippen molar-refractivity contribution >= 4 is 22.6 Å². The van der Waals surface area contributed by atoms with E-state index in [1.54, 1.807) is 6.92 Å². The van der Waals surface area contributed by atoms with Crippen LogP contribution in [0.4, 0.5) is 27.6 Å². The van der Waals surface area contributed by atoms with E-state index in [9.17, 15) is 26.7 Å². The van der Waals surface area contributed by atoms with Gasteiger partial charge in [0, 0.05) is 11.3 Å². The number of pyridine rings is 1. The van der Waals surface area contributed by atoms with Gasteiger partial charge in [-0.25, -0.2) is 9.67 Å². The molecule has 0 saturated heterocycles. The zero-order valence-electron chi connectivity index (χ0n) is 13.7. The van der Waals surface area contributed by atoms with Crippen LogP contribution in [0.5, 0.6) is 0 Å². The number of aryl methyl sites for hydroxylation is 1. The van der Waals surface area contributed by atoms with Crippen molar-refractivity contribution in [2.75, 3.05) is 5.32 Å². The van der Waals surface area contributed by atoms with Crippen LogP contribution in [0.3, 0.4) is 0 Å². The molecule has 0 saturated carbocycles. The van der Waals surface area contributed by atoms with Gasteiger partial charge in [-0.15, -0.1) is 0 Å². The molecule has 0 unspecified atom stereocenters. The smallest absolute Gasteiger partial charge is 0.325 e. The third kappa shape index (κ3) is 2.81. The molecule has 0 aliphatic carbocycles. The average Bonchev–Trinajstić information content (AvgIpc) is 3.13. The summed E-state index contributed by atoms with van der Waals surface area (Å²) in [5, 5.41) is 6.37. The molecule has 1 aliphatic heterocycles. The first-order chi connectivity index (χ1) is 12.6. The Hall–Kier alpha value is -3.04. The summed E-state index contributed by atoms with van der Waals surface area (Å²) in [5.41, 5.74) is 0.216. The number of benzene rings is 1. The third-order valence-corrected chi connectivity index (χ3v) is 4.32. The molecule has 4 rings (SSSR count). The fourth-order valence-electron chi connectivity index (χ4n) is 3.22. The first kappa shape index (κ1) is 17.4. The predicted octanol–water partition coefficient (Wildman–Crippen LogP) is 4.32. The summed E-state index contributed by atoms with van der Waals surface area (Å²) < 4.78 is 66.4. The van der Waals surface area contributed by atoms with Crippen LogP contribution in [0.2, 0.25) is 0 Å². The second-order valence-corrected chi connectivity index (χ2v) is 6.19. The molecule has 140 valence electrons. The lowest BCUT2D eigenvalue weighted by Gasteiger charge is -2.11. The number of anilines is 1. The largest absolute Gasteiger partial charge is 0.433 e. The van der Waals surface area contributed by atoms with Crippen LogP contribution < -0.4 is 5.32 Å². The highest BCUT2D eigenvalue weighted by atomic mass is 19.4. The maximum absolute atomic E-state index is 13.5. The second kappa shape index (κ2) is 5.73. The van der Waals surface area contributed by atoms with Gasteiger partial charge in [-0.2, -0.15) is 27.1 Å². The minimum atomic E-state index is -4.72. The minimum Gasteiger partial charge on any atom is -0.325 e. The van der Waals surface area contributed by atoms with Crippen molar-refractivity contribution in [2.24, 2.45) is 0 Å². The molecule has 1 aromatic carbocycles. The van der Waals surface area contributed by atoms with E-state index in [1.807, 2.05) is 0 Å². The van der Waals surface area contributed by atoms with E-state index in [-0.39, 0.29) is 34.6 Å². The number of nitrogens with one attached hydrogen (secondary N) is 1. The number of hydrogen-bond donors (Lipinski definition) is 1. The van der Waals surface area contributed by atoms with Crippen molar-refractivity contribution in [3.05, 3.63) is 41.1 Å². The molecule has 0 atom stereocenters. The molecule has 2 aromatic heterocycles. The summed E-state index contributed by atoms with van der Waals surface area (Å²) in [6.45, 7) is -1.40. The number of aromatic nitrogens is 3. The summed E-state index contributed by atoms with van der Waals surface area (Å²) in [5.74, 6) is -0.241. The predicted molar refractivity (Wildman–Crippen MR) is 86.3 cm³/mol. The standard InChI is InChI=1S/C17H11F5N4O/c1-7-4-9(5-8-6-12(27)24-13(7)8)15-14-10(25-26(15)16(18)19)2-3-11(23-14)17(20,21)22/h2-5,16H,6H2,1H3,(H,24,27). The number of amides is 1. The second-order valence-electron chi connectivity index (χ2n) is 6.19. The Morgan fingerprint density at radius 3 is 2.63 bits per heavy atom. The van der Waals surface area contributed by atoms with Crippen LogP contribution in [-0.4, -0.2) is 20.7 Å². The Kier molecular flexibility index (Phi) is 3.69. The summed E-state index contributed by atoms with van der Waals surface area (Å²) in [7, 11) is 0. The number of halogens is 5. The van der Waals surface area contributed by atoms with E-state index in [2.05, 4.69) is 15.4 Å². The molecule has 1 amide bonds. The van der Waals surface area contributed by atoms with E-state index < -0.39 is 18.4 Å². The zero-order chi connectivity index (χ0) is 19.5. The summed E-state index contributed by atoms with van der Waals surface area (Å²) in [6.07, 6.45) is -4.66. The summed E-state index contributed by atoms with van der Waals surface area (Å²) >= 11 is 0. The van der Waals surface area contributed by atoms with Gasteiger partial charge in [0.25, 0.3) is 0 Å². The minimum absolute atomic E-state index is 0.0615. The third-order valence-electron chi connectivity index (χ3n) is 4.32. The number of hydrogen-bond acceptors (Lipinski definition) is 3. The van der Waals surface area contributed by atoms with Gasteiger partial charge >= 0.3 is 12.7 Å². The van der Waals surface area contributed by atoms with Crippen molar-refractivity contribution in [3.8, 4) is 11.3 Å². The van der Waals surface area contributed by atoms with E-state index >= 15 is 0 Å². The van der Waals surface area contributed by atoms with Gasteiger partial charge in [-0.3, -0.25) is 4.79 Å². The molecule has 5 nitrogen and oxygen atoms in total. The van der Waals surface area contributed by atoms with Gasteiger partial charge < -0.3 is 5.32 Å². The molecule has 3 heterocycles. The lowest BCUT2D eigenvalue weighted by molar-refractivity contribution is -0.141. The molecule has 0 bridgehead atoms. The number of nitrogens with zero attached hydrogens (tertiary/aromatic N) is 3. The van der Waals surface area contributed by atoms with E-state index in [0.717, 1.165) is 6.07 Å². The highest BCUT2D eigenvalue weighted by Crippen LogP contribution is 2.38. The van der Waals surface area contributed by atoms with Crippen molar-refractivity contribution in [1.29, 1.82) is 0 Å². The molecular formula is C17H11F5N4O. The van der Waals surface area contributed by atoms with Crippen molar-refractivity contribution in [1.82, 2.24) is 14.8 Å². The lowest BCUT2D eigenvalue weighted by atomic mass is 10.0. The Bertz CT molecular complexity index is 1090. The zero-order valence-corrected chi connectivity index (χ0v) is 13.7. The van der Waals surface area contributed by atoms with E-state index in [0.29, 0.717) is 27.6 Å². The highest BCUT2D eigenvalue weighted by Gasteiger charge is 2.34. The Labute approximate surface area is 148 Å². The van der Waals surface area contributed by atoms with Crippen LogP contribution in [0.15, 0.2) is 24.3 Å². The maximum Gasteiger partial charge on any atom is 0.433 e. The average molecular weight is 382 g/mol. The van der Waals surface area contributed by atoms with Crippen LogP contribution >= 0.6 is 0 Å². The molecule has 0 radical (unpaired) electrons. The van der Waals surface area contributed by atoms with E-state index in [1.165, 1.54) is 12.1 Å². The maximum atomic E-state index is 13.5. The Morgan fingerprint density at radius 2 is 1.96 bits per heavy atom. The topological polar surface area (TPSA) is 59.8 Å². The summed E-state index contributed by atoms with van der Waals surface area (Å²) in [6, 6.07) is 4.73. The van der Waals surface area contributed by atoms with Crippen molar-refractivity contribution in [3.63, 3.8) is 0 Å². The monoisotopic (exact) mass is 382 g/mol. The first-order valence-corrected chi connectivity index (χ1v) is 7.83. The van der Waals surface area contributed by atoms with Crippen molar-refractivity contribution in [2.45, 2.75) is 26.1 Å². The molecule has 1 N–H and O–H groups in total. The van der Waals surface area contributed by atoms with Gasteiger partial charge in [0.05, 0.1) is 6.42 Å². The molecule has 0 spiro atoms. The van der Waals surface area contributed by atoms with Crippen molar-refractivity contribution < 1.29 is 26.7 Å². The van der Waals surface area contributed by atoms with Crippen LogP contribution in [0.25, 0.3) is 22.3 Å². The Balaban J connectivity index is 2.00. The van der Waals surface area contributed by atoms with Gasteiger partial charge in [0.1, 0.15) is 22.4 Å². The van der Waals surface area contributed by atoms with Crippen LogP contribution in [0.1, 0.15) is 23.4 Å². The van der Waals surface area contributed by atoms with Gasteiger partial charge in [-0.1, -0.05) is 0 Å². The SMILES string of the molecule is Cc1cc(-c2c3nc(C(F)(F)F)ccc3nn2C(F)F)cc2c1NC(=O)C2. The molecule has 0 fully saturated rings. The first-order valence-electron chi connectivity index (χ1n) is 7.83. The molecule has 1 aliphatic rings. The van der Waals surface area contributed by atoms with Gasteiger partial charge in [0.15, 0.2) is 0 Å². The summed E-state index contributed by atoms with van der Waals surface area (Å²) in [4.78, 5) is 15.1. The number of alkyl halides is 5. The van der Waals surface area contributed by atoms with Crippen LogP contribution in [0, 0.1) is 6.92 Å². The fourth-order valence-corrected chi connectivity index (χ4v) is 3.22. The van der Waals surface area contributed by atoms with Crippen LogP contribution in [-0.2, 0) is 17.4 Å². The Morgan fingerprint density at radius 1 is 1.22 bits per heavy atom. The quantitative estimate of drug-likeness (QED) is 0.672. The number of rotatable bonds is 2. The van der Waals surface area contributed by atoms with Gasteiger partial charge in [0.2, 0.25) is 5.91 Å². The fraction of sp³-hybridized carbons (Fsp3) is 0.235. The highest BCUT2D eigenvalue weighted by molar-refractivity contribution is 6.01. The molecule has 3 aromatic rings. The van der Waals surface area contributed by atoms with Gasteiger partial charge in [-0.05, 0) is 42.3 Å². The molecule has 27 heavy (non-hydrogen) atoms.